The van der Waals surface area contributed by atoms with Crippen LogP contribution in [0.4, 0.5) is 0 Å². The highest BCUT2D eigenvalue weighted by Crippen LogP contribution is 2.18. The number of ether oxygens (including phenoxy) is 1. The van der Waals surface area contributed by atoms with Crippen LogP contribution in [0.15, 0.2) is 0 Å². The van der Waals surface area contributed by atoms with Crippen molar-refractivity contribution in [2.24, 2.45) is 0 Å². The van der Waals surface area contributed by atoms with Crippen molar-refractivity contribution >= 4 is 21.7 Å². The Morgan fingerprint density at radius 2 is 2.04 bits per heavy atom. The van der Waals surface area contributed by atoms with Gasteiger partial charge in [-0.3, -0.25) is 9.59 Å². The number of aliphatic hydroxyl groups excluding tert-OH is 1. The molecular formula is C14H26N2O6S. The molecule has 1 saturated heterocycles. The maximum absolute atomic E-state index is 12.3. The lowest BCUT2D eigenvalue weighted by atomic mass is 10.2. The van der Waals surface area contributed by atoms with Gasteiger partial charge in [0.15, 0.2) is 9.84 Å². The van der Waals surface area contributed by atoms with Crippen LogP contribution >= 0.6 is 0 Å². The summed E-state index contributed by atoms with van der Waals surface area (Å²) in [5.41, 5.74) is 0. The summed E-state index contributed by atoms with van der Waals surface area (Å²) in [6.07, 6.45) is 2.44. The maximum Gasteiger partial charge on any atom is 0.312 e. The number of rotatable bonds is 9. The van der Waals surface area contributed by atoms with E-state index < -0.39 is 27.7 Å². The molecule has 0 aromatic carbocycles. The first-order chi connectivity index (χ1) is 10.9. The smallest absolute Gasteiger partial charge is 0.312 e. The zero-order valence-corrected chi connectivity index (χ0v) is 14.3. The minimum atomic E-state index is -3.14. The van der Waals surface area contributed by atoms with E-state index in [4.69, 9.17) is 9.84 Å². The Bertz CT molecular complexity index is 493. The van der Waals surface area contributed by atoms with Crippen LogP contribution in [-0.4, -0.2) is 81.2 Å². The van der Waals surface area contributed by atoms with E-state index >= 15 is 0 Å². The molecule has 0 bridgehead atoms. The largest absolute Gasteiger partial charge is 0.396 e. The molecular weight excluding hydrogens is 324 g/mol. The summed E-state index contributed by atoms with van der Waals surface area (Å²) in [6, 6.07) is -0.470. The Morgan fingerprint density at radius 1 is 1.30 bits per heavy atom. The van der Waals surface area contributed by atoms with Crippen LogP contribution in [0.1, 0.15) is 25.7 Å². The molecule has 1 rings (SSSR count). The van der Waals surface area contributed by atoms with Gasteiger partial charge in [0.25, 0.3) is 0 Å². The molecule has 0 aliphatic carbocycles. The van der Waals surface area contributed by atoms with Crippen molar-refractivity contribution in [3.63, 3.8) is 0 Å². The molecule has 134 valence electrons. The average molecular weight is 350 g/mol. The number of nitrogens with zero attached hydrogens (tertiary/aromatic N) is 1. The lowest BCUT2D eigenvalue weighted by Gasteiger charge is -2.27. The standard InChI is InChI=1S/C14H26N2O6S/c1-22-9-7-16(12-5-10-23(20,21)11-12)14(19)13(18)15-6-3-2-4-8-17/h12,17H,2-11H2,1H3,(H,15,18). The summed E-state index contributed by atoms with van der Waals surface area (Å²) in [5.74, 6) is -1.51. The number of amides is 2. The third-order valence-corrected chi connectivity index (χ3v) is 5.51. The normalized spacial score (nSPS) is 19.5. The second-order valence-corrected chi connectivity index (χ2v) is 7.82. The van der Waals surface area contributed by atoms with Crippen molar-refractivity contribution in [2.45, 2.75) is 31.7 Å². The van der Waals surface area contributed by atoms with Crippen LogP contribution in [0.25, 0.3) is 0 Å². The topological polar surface area (TPSA) is 113 Å². The van der Waals surface area contributed by atoms with Gasteiger partial charge < -0.3 is 20.1 Å². The summed E-state index contributed by atoms with van der Waals surface area (Å²) in [7, 11) is -1.66. The lowest BCUT2D eigenvalue weighted by molar-refractivity contribution is -0.147. The number of carbonyl (C=O) groups is 2. The highest BCUT2D eigenvalue weighted by atomic mass is 32.2. The van der Waals surface area contributed by atoms with E-state index in [1.807, 2.05) is 0 Å². The highest BCUT2D eigenvalue weighted by Gasteiger charge is 2.36. The van der Waals surface area contributed by atoms with Crippen molar-refractivity contribution in [1.29, 1.82) is 0 Å². The average Bonchev–Trinajstić information content (AvgIpc) is 2.87. The Balaban J connectivity index is 2.56. The van der Waals surface area contributed by atoms with Crippen LogP contribution in [0.3, 0.4) is 0 Å². The summed E-state index contributed by atoms with van der Waals surface area (Å²) < 4.78 is 28.1. The predicted molar refractivity (Wildman–Crippen MR) is 84.6 cm³/mol. The number of sulfone groups is 1. The van der Waals surface area contributed by atoms with Crippen LogP contribution in [0.5, 0.6) is 0 Å². The molecule has 0 spiro atoms. The fraction of sp³-hybridized carbons (Fsp3) is 0.857. The zero-order chi connectivity index (χ0) is 17.3. The lowest BCUT2D eigenvalue weighted by Crippen LogP contribution is -2.49. The monoisotopic (exact) mass is 350 g/mol. The van der Waals surface area contributed by atoms with Crippen molar-refractivity contribution in [1.82, 2.24) is 10.2 Å². The van der Waals surface area contributed by atoms with Crippen molar-refractivity contribution < 1.29 is 27.9 Å². The van der Waals surface area contributed by atoms with E-state index in [0.717, 1.165) is 6.42 Å². The Morgan fingerprint density at radius 3 is 2.61 bits per heavy atom. The zero-order valence-electron chi connectivity index (χ0n) is 13.5. The Kier molecular flexibility index (Phi) is 8.49. The molecule has 1 aliphatic rings. The first-order valence-corrected chi connectivity index (χ1v) is 9.62. The Hall–Kier alpha value is -1.19. The van der Waals surface area contributed by atoms with Gasteiger partial charge in [-0.1, -0.05) is 0 Å². The third kappa shape index (κ3) is 6.84. The molecule has 2 amide bonds. The fourth-order valence-corrected chi connectivity index (χ4v) is 4.21. The maximum atomic E-state index is 12.3. The molecule has 2 N–H and O–H groups in total. The van der Waals surface area contributed by atoms with E-state index in [0.29, 0.717) is 25.8 Å². The molecule has 8 nitrogen and oxygen atoms in total. The summed E-state index contributed by atoms with van der Waals surface area (Å²) in [6.45, 7) is 0.888. The molecule has 23 heavy (non-hydrogen) atoms. The predicted octanol–water partition coefficient (Wildman–Crippen LogP) is -1.07. The second kappa shape index (κ2) is 9.84. The summed E-state index contributed by atoms with van der Waals surface area (Å²) >= 11 is 0. The van der Waals surface area contributed by atoms with E-state index in [9.17, 15) is 18.0 Å². The number of methoxy groups -OCH3 is 1. The molecule has 1 fully saturated rings. The SMILES string of the molecule is COCCN(C(=O)C(=O)NCCCCCO)C1CCS(=O)(=O)C1. The summed E-state index contributed by atoms with van der Waals surface area (Å²) in [4.78, 5) is 25.5. The number of carbonyl (C=O) groups excluding carboxylic acids is 2. The first-order valence-electron chi connectivity index (χ1n) is 7.80. The quantitative estimate of drug-likeness (QED) is 0.404. The highest BCUT2D eigenvalue weighted by molar-refractivity contribution is 7.91. The van der Waals surface area contributed by atoms with Gasteiger partial charge in [-0.05, 0) is 25.7 Å². The molecule has 1 heterocycles. The van der Waals surface area contributed by atoms with Gasteiger partial charge in [-0.15, -0.1) is 0 Å². The van der Waals surface area contributed by atoms with Crippen LogP contribution in [0.2, 0.25) is 0 Å². The van der Waals surface area contributed by atoms with Gasteiger partial charge in [-0.2, -0.15) is 0 Å². The fourth-order valence-electron chi connectivity index (χ4n) is 2.48. The van der Waals surface area contributed by atoms with Crippen LogP contribution in [-0.2, 0) is 24.2 Å². The number of hydrogen-bond acceptors (Lipinski definition) is 6. The molecule has 9 heteroatoms. The van der Waals surface area contributed by atoms with Crippen LogP contribution in [0, 0.1) is 0 Å². The van der Waals surface area contributed by atoms with E-state index in [-0.39, 0.29) is 31.3 Å². The van der Waals surface area contributed by atoms with Crippen molar-refractivity contribution in [3.8, 4) is 0 Å². The van der Waals surface area contributed by atoms with Gasteiger partial charge in [0.2, 0.25) is 0 Å². The van der Waals surface area contributed by atoms with Crippen molar-refractivity contribution in [3.05, 3.63) is 0 Å². The second-order valence-electron chi connectivity index (χ2n) is 5.59. The van der Waals surface area contributed by atoms with Gasteiger partial charge in [0, 0.05) is 32.8 Å². The van der Waals surface area contributed by atoms with E-state index in [1.54, 1.807) is 0 Å². The van der Waals surface area contributed by atoms with Gasteiger partial charge >= 0.3 is 11.8 Å². The minimum Gasteiger partial charge on any atom is -0.396 e. The molecule has 0 radical (unpaired) electrons. The first kappa shape index (κ1) is 19.9. The molecule has 1 unspecified atom stereocenters. The molecule has 1 aliphatic heterocycles. The van der Waals surface area contributed by atoms with Crippen molar-refractivity contribution in [2.75, 3.05) is 44.9 Å². The third-order valence-electron chi connectivity index (χ3n) is 3.76. The van der Waals surface area contributed by atoms with E-state index in [2.05, 4.69) is 5.32 Å². The minimum absolute atomic E-state index is 0.0389. The number of aliphatic hydroxyl groups is 1. The van der Waals surface area contributed by atoms with Gasteiger partial charge in [0.1, 0.15) is 0 Å². The van der Waals surface area contributed by atoms with Gasteiger partial charge in [0.05, 0.1) is 18.1 Å². The number of hydrogen-bond donors (Lipinski definition) is 2. The molecule has 1 atom stereocenters. The number of unbranched alkanes of at least 4 members (excludes halogenated alkanes) is 2. The van der Waals surface area contributed by atoms with E-state index in [1.165, 1.54) is 12.0 Å². The molecule has 0 aromatic rings. The molecule has 0 saturated carbocycles. The van der Waals surface area contributed by atoms with Crippen LogP contribution < -0.4 is 5.32 Å². The number of nitrogens with one attached hydrogen (secondary N) is 1. The molecule has 0 aromatic heterocycles. The van der Waals surface area contributed by atoms with Gasteiger partial charge in [-0.25, -0.2) is 8.42 Å². The summed E-state index contributed by atoms with van der Waals surface area (Å²) in [5, 5.41) is 11.2. The Labute approximate surface area is 137 Å².